The summed E-state index contributed by atoms with van der Waals surface area (Å²) in [6.45, 7) is 0. The lowest BCUT2D eigenvalue weighted by atomic mass is 10.1. The lowest BCUT2D eigenvalue weighted by molar-refractivity contribution is 0.289. The quantitative estimate of drug-likeness (QED) is 0.486. The Morgan fingerprint density at radius 1 is 0.778 bits per heavy atom. The van der Waals surface area contributed by atoms with E-state index in [1.165, 1.54) is 44.9 Å². The van der Waals surface area contributed by atoms with Crippen molar-refractivity contribution < 1.29 is 5.11 Å². The van der Waals surface area contributed by atoms with Gasteiger partial charge in [0.25, 0.3) is 0 Å². The molecular weight excluding hydrogens is 220 g/mol. The minimum Gasteiger partial charge on any atom is -0.369 e. The molecule has 98 valence electrons. The van der Waals surface area contributed by atoms with E-state index in [0.29, 0.717) is 0 Å². The summed E-state index contributed by atoms with van der Waals surface area (Å²) in [6.07, 6.45) is 21.0. The normalized spacial score (nSPS) is 10.8. The monoisotopic (exact) mass is 244 g/mol. The van der Waals surface area contributed by atoms with E-state index < -0.39 is 6.10 Å². The maximum absolute atomic E-state index is 9.00. The molecule has 0 radical (unpaired) electrons. The molecule has 1 nitrogen and oxygen atoms in total. The summed E-state index contributed by atoms with van der Waals surface area (Å²) < 4.78 is 0. The standard InChI is InChI=1S/C17H24O/c1-3-5-6-7-8-9-10-11-12-13-14-15-16-17(18)4-2/h1-2,17-18H,5-14H2/t17-/m0/s1. The zero-order chi connectivity index (χ0) is 13.5. The van der Waals surface area contributed by atoms with Crippen LogP contribution in [0.15, 0.2) is 0 Å². The van der Waals surface area contributed by atoms with Gasteiger partial charge in [-0.2, -0.15) is 0 Å². The van der Waals surface area contributed by atoms with Gasteiger partial charge in [0, 0.05) is 12.8 Å². The third-order valence-electron chi connectivity index (χ3n) is 2.77. The van der Waals surface area contributed by atoms with Gasteiger partial charge in [0.1, 0.15) is 0 Å². The van der Waals surface area contributed by atoms with Crippen molar-refractivity contribution in [1.29, 1.82) is 0 Å². The van der Waals surface area contributed by atoms with Crippen LogP contribution in [-0.2, 0) is 0 Å². The minimum absolute atomic E-state index is 0.834. The van der Waals surface area contributed by atoms with E-state index >= 15 is 0 Å². The number of hydrogen-bond donors (Lipinski definition) is 1. The Hall–Kier alpha value is -1.36. The summed E-state index contributed by atoms with van der Waals surface area (Å²) in [4.78, 5) is 0. The Labute approximate surface area is 112 Å². The molecule has 0 spiro atoms. The highest BCUT2D eigenvalue weighted by Crippen LogP contribution is 2.10. The SMILES string of the molecule is C#CCCCCCCCCCCC#C[C@@H](O)C#C. The Morgan fingerprint density at radius 2 is 1.28 bits per heavy atom. The predicted octanol–water partition coefficient (Wildman–Crippen LogP) is 3.52. The molecule has 0 aromatic carbocycles. The third kappa shape index (κ3) is 12.7. The number of unbranched alkanes of at least 4 members (excludes halogenated alkanes) is 9. The molecule has 0 heterocycles. The maximum atomic E-state index is 9.00. The topological polar surface area (TPSA) is 20.2 Å². The number of rotatable bonds is 9. The lowest BCUT2D eigenvalue weighted by Crippen LogP contribution is -1.96. The second-order valence-corrected chi connectivity index (χ2v) is 4.42. The molecule has 0 saturated heterocycles. The van der Waals surface area contributed by atoms with Crippen LogP contribution in [0, 0.1) is 36.5 Å². The van der Waals surface area contributed by atoms with Crippen molar-refractivity contribution in [2.45, 2.75) is 70.3 Å². The van der Waals surface area contributed by atoms with E-state index in [0.717, 1.165) is 19.3 Å². The highest BCUT2D eigenvalue weighted by molar-refractivity contribution is 5.15. The fourth-order valence-corrected chi connectivity index (χ4v) is 1.71. The molecule has 0 unspecified atom stereocenters. The van der Waals surface area contributed by atoms with Crippen molar-refractivity contribution in [1.82, 2.24) is 0 Å². The Kier molecular flexibility index (Phi) is 12.7. The van der Waals surface area contributed by atoms with E-state index in [-0.39, 0.29) is 0 Å². The van der Waals surface area contributed by atoms with E-state index in [1.807, 2.05) is 0 Å². The van der Waals surface area contributed by atoms with Gasteiger partial charge in [-0.3, -0.25) is 0 Å². The van der Waals surface area contributed by atoms with Crippen molar-refractivity contribution >= 4 is 0 Å². The second-order valence-electron chi connectivity index (χ2n) is 4.42. The molecule has 1 heteroatoms. The highest BCUT2D eigenvalue weighted by Gasteiger charge is 1.92. The lowest BCUT2D eigenvalue weighted by Gasteiger charge is -2.00. The molecule has 0 aromatic rings. The van der Waals surface area contributed by atoms with E-state index in [2.05, 4.69) is 23.7 Å². The summed E-state index contributed by atoms with van der Waals surface area (Å²) in [7, 11) is 0. The zero-order valence-corrected chi connectivity index (χ0v) is 11.3. The molecule has 1 N–H and O–H groups in total. The van der Waals surface area contributed by atoms with Crippen molar-refractivity contribution in [2.75, 3.05) is 0 Å². The van der Waals surface area contributed by atoms with Gasteiger partial charge in [-0.1, -0.05) is 56.3 Å². The summed E-state index contributed by atoms with van der Waals surface area (Å²) in [5, 5.41) is 9.00. The molecule has 0 fully saturated rings. The Bertz CT molecular complexity index is 318. The first-order valence-electron chi connectivity index (χ1n) is 6.87. The first-order chi connectivity index (χ1) is 8.81. The predicted molar refractivity (Wildman–Crippen MR) is 77.6 cm³/mol. The van der Waals surface area contributed by atoms with Gasteiger partial charge in [0.2, 0.25) is 0 Å². The molecule has 18 heavy (non-hydrogen) atoms. The van der Waals surface area contributed by atoms with E-state index in [9.17, 15) is 0 Å². The second kappa shape index (κ2) is 13.7. The van der Waals surface area contributed by atoms with Crippen LogP contribution in [-0.4, -0.2) is 11.2 Å². The fourth-order valence-electron chi connectivity index (χ4n) is 1.71. The molecule has 0 aliphatic carbocycles. The summed E-state index contributed by atoms with van der Waals surface area (Å²) in [5.41, 5.74) is 0. The van der Waals surface area contributed by atoms with Crippen molar-refractivity contribution in [3.05, 3.63) is 0 Å². The molecule has 0 bridgehead atoms. The number of aliphatic hydroxyl groups excluding tert-OH is 1. The van der Waals surface area contributed by atoms with Gasteiger partial charge < -0.3 is 5.11 Å². The van der Waals surface area contributed by atoms with Crippen LogP contribution in [0.1, 0.15) is 64.2 Å². The third-order valence-corrected chi connectivity index (χ3v) is 2.77. The van der Waals surface area contributed by atoms with Crippen LogP contribution in [0.2, 0.25) is 0 Å². The Balaban J connectivity index is 3.14. The highest BCUT2D eigenvalue weighted by atomic mass is 16.3. The molecule has 0 aliphatic heterocycles. The fraction of sp³-hybridized carbons (Fsp3) is 0.647. The van der Waals surface area contributed by atoms with Crippen LogP contribution in [0.5, 0.6) is 0 Å². The summed E-state index contributed by atoms with van der Waals surface area (Å²) in [6, 6.07) is 0. The number of hydrogen-bond acceptors (Lipinski definition) is 1. The first-order valence-corrected chi connectivity index (χ1v) is 6.87. The summed E-state index contributed by atoms with van der Waals surface area (Å²) >= 11 is 0. The average molecular weight is 244 g/mol. The van der Waals surface area contributed by atoms with Gasteiger partial charge in [0.05, 0.1) is 0 Å². The molecule has 1 atom stereocenters. The van der Waals surface area contributed by atoms with Gasteiger partial charge in [-0.05, 0) is 12.8 Å². The number of aliphatic hydroxyl groups is 1. The maximum Gasteiger partial charge on any atom is 0.176 e. The molecule has 0 aliphatic rings. The van der Waals surface area contributed by atoms with Crippen LogP contribution in [0.3, 0.4) is 0 Å². The van der Waals surface area contributed by atoms with Gasteiger partial charge in [-0.25, -0.2) is 0 Å². The molecule has 0 saturated carbocycles. The average Bonchev–Trinajstić information content (AvgIpc) is 2.39. The van der Waals surface area contributed by atoms with Crippen LogP contribution < -0.4 is 0 Å². The first kappa shape index (κ1) is 16.6. The Morgan fingerprint density at radius 3 is 1.78 bits per heavy atom. The van der Waals surface area contributed by atoms with Crippen molar-refractivity contribution in [3.8, 4) is 36.5 Å². The van der Waals surface area contributed by atoms with Gasteiger partial charge >= 0.3 is 0 Å². The summed E-state index contributed by atoms with van der Waals surface area (Å²) in [5.74, 6) is 10.4. The minimum atomic E-state index is -0.895. The van der Waals surface area contributed by atoms with Crippen molar-refractivity contribution in [3.63, 3.8) is 0 Å². The molecular formula is C17H24O. The van der Waals surface area contributed by atoms with Crippen LogP contribution in [0.25, 0.3) is 0 Å². The smallest absolute Gasteiger partial charge is 0.176 e. The molecule has 0 aromatic heterocycles. The zero-order valence-electron chi connectivity index (χ0n) is 11.3. The number of terminal acetylenes is 2. The molecule has 0 amide bonds. The largest absolute Gasteiger partial charge is 0.369 e. The molecule has 0 rings (SSSR count). The van der Waals surface area contributed by atoms with Gasteiger partial charge in [-0.15, -0.1) is 18.8 Å². The van der Waals surface area contributed by atoms with Gasteiger partial charge in [0.15, 0.2) is 6.10 Å². The van der Waals surface area contributed by atoms with E-state index in [1.54, 1.807) is 0 Å². The van der Waals surface area contributed by atoms with Crippen LogP contribution in [0.4, 0.5) is 0 Å². The van der Waals surface area contributed by atoms with E-state index in [4.69, 9.17) is 18.0 Å². The van der Waals surface area contributed by atoms with Crippen LogP contribution >= 0.6 is 0 Å². The van der Waals surface area contributed by atoms with Crippen molar-refractivity contribution in [2.24, 2.45) is 0 Å².